The van der Waals surface area contributed by atoms with Gasteiger partial charge in [0.25, 0.3) is 0 Å². The second kappa shape index (κ2) is 3.93. The van der Waals surface area contributed by atoms with Crippen LogP contribution in [-0.4, -0.2) is 16.2 Å². The summed E-state index contributed by atoms with van der Waals surface area (Å²) < 4.78 is 5.20. The zero-order valence-corrected chi connectivity index (χ0v) is 8.91. The Morgan fingerprint density at radius 2 is 2.00 bits per heavy atom. The van der Waals surface area contributed by atoms with Crippen molar-refractivity contribution in [3.8, 4) is 0 Å². The first-order valence-electron chi connectivity index (χ1n) is 5.97. The van der Waals surface area contributed by atoms with Gasteiger partial charge in [0.1, 0.15) is 0 Å². The highest BCUT2D eigenvalue weighted by atomic mass is 16.5. The van der Waals surface area contributed by atoms with Gasteiger partial charge in [0.15, 0.2) is 5.82 Å². The van der Waals surface area contributed by atoms with Gasteiger partial charge in [-0.1, -0.05) is 18.0 Å². The van der Waals surface area contributed by atoms with Crippen LogP contribution in [-0.2, 0) is 6.54 Å². The molecular weight excluding hydrogens is 190 g/mol. The van der Waals surface area contributed by atoms with E-state index in [9.17, 15) is 0 Å². The summed E-state index contributed by atoms with van der Waals surface area (Å²) in [6, 6.07) is 0.668. The van der Waals surface area contributed by atoms with Crippen molar-refractivity contribution in [1.29, 1.82) is 0 Å². The lowest BCUT2D eigenvalue weighted by atomic mass is 10.2. The maximum atomic E-state index is 5.20. The minimum atomic E-state index is 0.592. The molecule has 82 valence electrons. The molecule has 1 heterocycles. The van der Waals surface area contributed by atoms with Crippen molar-refractivity contribution >= 4 is 0 Å². The molecule has 0 aromatic carbocycles. The minimum Gasteiger partial charge on any atom is -0.338 e. The van der Waals surface area contributed by atoms with E-state index in [0.717, 1.165) is 18.3 Å². The average molecular weight is 207 g/mol. The monoisotopic (exact) mass is 207 g/mol. The SMILES string of the molecule is C1CCC(NCc2nc(C3CC3)no2)C1. The van der Waals surface area contributed by atoms with E-state index in [4.69, 9.17) is 4.52 Å². The molecule has 1 aromatic heterocycles. The van der Waals surface area contributed by atoms with Crippen LogP contribution in [0.25, 0.3) is 0 Å². The summed E-state index contributed by atoms with van der Waals surface area (Å²) in [4.78, 5) is 4.39. The summed E-state index contributed by atoms with van der Waals surface area (Å²) in [6.45, 7) is 0.740. The number of hydrogen-bond acceptors (Lipinski definition) is 4. The Labute approximate surface area is 89.4 Å². The van der Waals surface area contributed by atoms with Crippen LogP contribution in [0.5, 0.6) is 0 Å². The van der Waals surface area contributed by atoms with E-state index >= 15 is 0 Å². The fourth-order valence-electron chi connectivity index (χ4n) is 2.21. The quantitative estimate of drug-likeness (QED) is 0.820. The maximum absolute atomic E-state index is 5.20. The van der Waals surface area contributed by atoms with E-state index in [0.29, 0.717) is 12.0 Å². The van der Waals surface area contributed by atoms with Gasteiger partial charge in [0.2, 0.25) is 5.89 Å². The van der Waals surface area contributed by atoms with Gasteiger partial charge in [-0.05, 0) is 25.7 Å². The third-order valence-electron chi connectivity index (χ3n) is 3.32. The number of rotatable bonds is 4. The molecule has 0 atom stereocenters. The zero-order valence-electron chi connectivity index (χ0n) is 8.91. The minimum absolute atomic E-state index is 0.592. The third kappa shape index (κ3) is 2.20. The molecule has 4 heteroatoms. The first-order chi connectivity index (χ1) is 7.42. The fourth-order valence-corrected chi connectivity index (χ4v) is 2.21. The molecular formula is C11H17N3O. The van der Waals surface area contributed by atoms with Crippen molar-refractivity contribution in [3.05, 3.63) is 11.7 Å². The van der Waals surface area contributed by atoms with Crippen molar-refractivity contribution in [2.24, 2.45) is 0 Å². The molecule has 0 aliphatic heterocycles. The Morgan fingerprint density at radius 3 is 2.73 bits per heavy atom. The van der Waals surface area contributed by atoms with E-state index in [1.807, 2.05) is 0 Å². The van der Waals surface area contributed by atoms with Gasteiger partial charge in [0, 0.05) is 12.0 Å². The summed E-state index contributed by atoms with van der Waals surface area (Å²) >= 11 is 0. The topological polar surface area (TPSA) is 51.0 Å². The first-order valence-corrected chi connectivity index (χ1v) is 5.97. The van der Waals surface area contributed by atoms with Gasteiger partial charge in [-0.2, -0.15) is 4.98 Å². The molecule has 0 bridgehead atoms. The van der Waals surface area contributed by atoms with Gasteiger partial charge in [0.05, 0.1) is 6.54 Å². The highest BCUT2D eigenvalue weighted by Gasteiger charge is 2.28. The average Bonchev–Trinajstić information content (AvgIpc) is 2.82. The normalized spacial score (nSPS) is 22.4. The van der Waals surface area contributed by atoms with E-state index in [1.165, 1.54) is 38.5 Å². The van der Waals surface area contributed by atoms with Crippen LogP contribution >= 0.6 is 0 Å². The van der Waals surface area contributed by atoms with Gasteiger partial charge >= 0.3 is 0 Å². The Balaban J connectivity index is 1.52. The number of aromatic nitrogens is 2. The van der Waals surface area contributed by atoms with Crippen LogP contribution < -0.4 is 5.32 Å². The van der Waals surface area contributed by atoms with Crippen LogP contribution in [0.2, 0.25) is 0 Å². The smallest absolute Gasteiger partial charge is 0.240 e. The second-order valence-electron chi connectivity index (χ2n) is 4.68. The molecule has 0 amide bonds. The largest absolute Gasteiger partial charge is 0.338 e. The second-order valence-corrected chi connectivity index (χ2v) is 4.68. The molecule has 2 aliphatic carbocycles. The highest BCUT2D eigenvalue weighted by Crippen LogP contribution is 2.38. The lowest BCUT2D eigenvalue weighted by molar-refractivity contribution is 0.353. The molecule has 2 saturated carbocycles. The standard InChI is InChI=1S/C11H17N3O/c1-2-4-9(3-1)12-7-10-13-11(14-15-10)8-5-6-8/h8-9,12H,1-7H2. The molecule has 0 radical (unpaired) electrons. The van der Waals surface area contributed by atoms with E-state index in [1.54, 1.807) is 0 Å². The van der Waals surface area contributed by atoms with Gasteiger partial charge in [-0.3, -0.25) is 0 Å². The van der Waals surface area contributed by atoms with Crippen molar-refractivity contribution in [3.63, 3.8) is 0 Å². The number of nitrogens with zero attached hydrogens (tertiary/aromatic N) is 2. The van der Waals surface area contributed by atoms with Crippen molar-refractivity contribution in [2.75, 3.05) is 0 Å². The van der Waals surface area contributed by atoms with Crippen LogP contribution in [0.1, 0.15) is 56.2 Å². The molecule has 0 saturated heterocycles. The molecule has 0 unspecified atom stereocenters. The predicted octanol–water partition coefficient (Wildman–Crippen LogP) is 1.98. The van der Waals surface area contributed by atoms with Crippen molar-refractivity contribution in [1.82, 2.24) is 15.5 Å². The Morgan fingerprint density at radius 1 is 1.20 bits per heavy atom. The van der Waals surface area contributed by atoms with Crippen molar-refractivity contribution in [2.45, 2.75) is 57.0 Å². The third-order valence-corrected chi connectivity index (χ3v) is 3.32. The number of nitrogens with one attached hydrogen (secondary N) is 1. The Bertz CT molecular complexity index is 326. The predicted molar refractivity (Wildman–Crippen MR) is 55.4 cm³/mol. The summed E-state index contributed by atoms with van der Waals surface area (Å²) in [5, 5.41) is 7.47. The van der Waals surface area contributed by atoms with Crippen LogP contribution in [0.3, 0.4) is 0 Å². The molecule has 4 nitrogen and oxygen atoms in total. The van der Waals surface area contributed by atoms with Crippen LogP contribution in [0, 0.1) is 0 Å². The summed E-state index contributed by atoms with van der Waals surface area (Å²) in [7, 11) is 0. The number of hydrogen-bond donors (Lipinski definition) is 1. The summed E-state index contributed by atoms with van der Waals surface area (Å²) in [5.41, 5.74) is 0. The molecule has 2 aliphatic rings. The van der Waals surface area contributed by atoms with E-state index < -0.39 is 0 Å². The lowest BCUT2D eigenvalue weighted by Gasteiger charge is -2.08. The molecule has 0 spiro atoms. The summed E-state index contributed by atoms with van der Waals surface area (Å²) in [6.07, 6.45) is 7.76. The van der Waals surface area contributed by atoms with Crippen molar-refractivity contribution < 1.29 is 4.52 Å². The lowest BCUT2D eigenvalue weighted by Crippen LogP contribution is -2.25. The maximum Gasteiger partial charge on any atom is 0.240 e. The zero-order chi connectivity index (χ0) is 10.1. The fraction of sp³-hybridized carbons (Fsp3) is 0.818. The van der Waals surface area contributed by atoms with Gasteiger partial charge < -0.3 is 9.84 Å². The summed E-state index contributed by atoms with van der Waals surface area (Å²) in [5.74, 6) is 2.26. The Hall–Kier alpha value is -0.900. The molecule has 2 fully saturated rings. The molecule has 15 heavy (non-hydrogen) atoms. The molecule has 1 aromatic rings. The molecule has 3 rings (SSSR count). The van der Waals surface area contributed by atoms with Gasteiger partial charge in [-0.15, -0.1) is 0 Å². The first kappa shape index (κ1) is 9.33. The molecule has 1 N–H and O–H groups in total. The highest BCUT2D eigenvalue weighted by molar-refractivity contribution is 5.03. The Kier molecular flexibility index (Phi) is 2.44. The van der Waals surface area contributed by atoms with Crippen LogP contribution in [0.15, 0.2) is 4.52 Å². The van der Waals surface area contributed by atoms with Crippen LogP contribution in [0.4, 0.5) is 0 Å². The van der Waals surface area contributed by atoms with E-state index in [2.05, 4.69) is 15.5 Å². The van der Waals surface area contributed by atoms with Gasteiger partial charge in [-0.25, -0.2) is 0 Å². The van der Waals surface area contributed by atoms with E-state index in [-0.39, 0.29) is 0 Å².